The lowest BCUT2D eigenvalue weighted by atomic mass is 10.1. The molecular weight excluding hydrogens is 270 g/mol. The van der Waals surface area contributed by atoms with Gasteiger partial charge in [0.15, 0.2) is 0 Å². The van der Waals surface area contributed by atoms with Gasteiger partial charge in [0, 0.05) is 19.6 Å². The molecule has 0 heterocycles. The monoisotopic (exact) mass is 295 g/mol. The molecule has 2 heteroatoms. The van der Waals surface area contributed by atoms with Gasteiger partial charge in [-0.2, -0.15) is 0 Å². The number of nitrogens with zero attached hydrogens (tertiary/aromatic N) is 1. The Morgan fingerprint density at radius 2 is 1.41 bits per heavy atom. The average molecular weight is 295 g/mol. The zero-order valence-corrected chi connectivity index (χ0v) is 13.1. The third-order valence-corrected chi connectivity index (χ3v) is 3.67. The Bertz CT molecular complexity index is 497. The molecule has 1 atom stereocenters. The predicted molar refractivity (Wildman–Crippen MR) is 92.4 cm³/mol. The van der Waals surface area contributed by atoms with Gasteiger partial charge in [-0.05, 0) is 24.0 Å². The fourth-order valence-corrected chi connectivity index (χ4v) is 2.57. The summed E-state index contributed by atoms with van der Waals surface area (Å²) < 4.78 is 0. The molecular formula is C20H25NO. The molecule has 0 saturated carbocycles. The van der Waals surface area contributed by atoms with Gasteiger partial charge in [-0.3, -0.25) is 4.90 Å². The topological polar surface area (TPSA) is 23.5 Å². The van der Waals surface area contributed by atoms with Crippen molar-refractivity contribution in [2.45, 2.75) is 32.0 Å². The molecule has 0 aliphatic rings. The molecule has 0 aliphatic heterocycles. The molecule has 2 nitrogen and oxygen atoms in total. The summed E-state index contributed by atoms with van der Waals surface area (Å²) >= 11 is 0. The Labute approximate surface area is 133 Å². The van der Waals surface area contributed by atoms with E-state index in [1.807, 2.05) is 18.2 Å². The first-order valence-corrected chi connectivity index (χ1v) is 7.87. The summed E-state index contributed by atoms with van der Waals surface area (Å²) in [5, 5.41) is 10.2. The van der Waals surface area contributed by atoms with Crippen LogP contribution in [0.25, 0.3) is 0 Å². The fraction of sp³-hybridized carbons (Fsp3) is 0.300. The summed E-state index contributed by atoms with van der Waals surface area (Å²) in [6.07, 6.45) is 3.17. The standard InChI is InChI=1S/C20H25NO/c1-2-3-14-20(22)17-21(15-18-10-6-4-7-11-18)16-19-12-8-5-9-13-19/h2,4-13,20,22H,1,3,14-17H2/t20-/m1/s1. The van der Waals surface area contributed by atoms with Crippen molar-refractivity contribution in [3.8, 4) is 0 Å². The van der Waals surface area contributed by atoms with Crippen LogP contribution in [0.2, 0.25) is 0 Å². The molecule has 0 radical (unpaired) electrons. The normalized spacial score (nSPS) is 12.3. The lowest BCUT2D eigenvalue weighted by Crippen LogP contribution is -2.31. The maximum Gasteiger partial charge on any atom is 0.0670 e. The largest absolute Gasteiger partial charge is 0.392 e. The van der Waals surface area contributed by atoms with Crippen LogP contribution in [0.3, 0.4) is 0 Å². The van der Waals surface area contributed by atoms with E-state index in [-0.39, 0.29) is 6.10 Å². The predicted octanol–water partition coefficient (Wildman–Crippen LogP) is 4.02. The lowest BCUT2D eigenvalue weighted by molar-refractivity contribution is 0.0984. The van der Waals surface area contributed by atoms with E-state index in [2.05, 4.69) is 60.0 Å². The van der Waals surface area contributed by atoms with Gasteiger partial charge < -0.3 is 5.11 Å². The van der Waals surface area contributed by atoms with Crippen molar-refractivity contribution in [2.75, 3.05) is 6.54 Å². The third-order valence-electron chi connectivity index (χ3n) is 3.67. The summed E-state index contributed by atoms with van der Waals surface area (Å²) in [6, 6.07) is 20.8. The molecule has 0 amide bonds. The van der Waals surface area contributed by atoms with Crippen LogP contribution in [-0.2, 0) is 13.1 Å². The quantitative estimate of drug-likeness (QED) is 0.706. The minimum Gasteiger partial charge on any atom is -0.392 e. The van der Waals surface area contributed by atoms with Gasteiger partial charge in [0.25, 0.3) is 0 Å². The van der Waals surface area contributed by atoms with Crippen LogP contribution < -0.4 is 0 Å². The van der Waals surface area contributed by atoms with Crippen LogP contribution >= 0.6 is 0 Å². The minimum atomic E-state index is -0.314. The Balaban J connectivity index is 2.01. The summed E-state index contributed by atoms with van der Waals surface area (Å²) in [5.41, 5.74) is 2.55. The first-order chi connectivity index (χ1) is 10.8. The van der Waals surface area contributed by atoms with E-state index in [0.717, 1.165) is 25.9 Å². The highest BCUT2D eigenvalue weighted by Crippen LogP contribution is 2.12. The number of aliphatic hydroxyl groups excluding tert-OH is 1. The van der Waals surface area contributed by atoms with Gasteiger partial charge in [0.1, 0.15) is 0 Å². The van der Waals surface area contributed by atoms with Crippen molar-refractivity contribution in [3.63, 3.8) is 0 Å². The van der Waals surface area contributed by atoms with E-state index in [1.165, 1.54) is 11.1 Å². The first kappa shape index (κ1) is 16.5. The lowest BCUT2D eigenvalue weighted by Gasteiger charge is -2.25. The van der Waals surface area contributed by atoms with Crippen LogP contribution in [0, 0.1) is 0 Å². The zero-order chi connectivity index (χ0) is 15.6. The highest BCUT2D eigenvalue weighted by Gasteiger charge is 2.12. The second kappa shape index (κ2) is 9.19. The molecule has 116 valence electrons. The van der Waals surface area contributed by atoms with Crippen LogP contribution in [0.5, 0.6) is 0 Å². The number of rotatable bonds is 9. The Morgan fingerprint density at radius 3 is 1.86 bits per heavy atom. The molecule has 0 unspecified atom stereocenters. The van der Waals surface area contributed by atoms with Crippen molar-refractivity contribution in [3.05, 3.63) is 84.4 Å². The van der Waals surface area contributed by atoms with Gasteiger partial charge >= 0.3 is 0 Å². The van der Waals surface area contributed by atoms with E-state index >= 15 is 0 Å². The summed E-state index contributed by atoms with van der Waals surface area (Å²) in [6.45, 7) is 6.10. The van der Waals surface area contributed by atoms with Gasteiger partial charge in [0.2, 0.25) is 0 Å². The van der Waals surface area contributed by atoms with Crippen LogP contribution in [0.4, 0.5) is 0 Å². The Hall–Kier alpha value is -1.90. The summed E-state index contributed by atoms with van der Waals surface area (Å²) in [7, 11) is 0. The molecule has 1 N–H and O–H groups in total. The third kappa shape index (κ3) is 5.84. The first-order valence-electron chi connectivity index (χ1n) is 7.87. The molecule has 0 bridgehead atoms. The molecule has 22 heavy (non-hydrogen) atoms. The summed E-state index contributed by atoms with van der Waals surface area (Å²) in [4.78, 5) is 2.30. The SMILES string of the molecule is C=CCC[C@@H](O)CN(Cc1ccccc1)Cc1ccccc1. The van der Waals surface area contributed by atoms with Gasteiger partial charge in [-0.25, -0.2) is 0 Å². The number of hydrogen-bond donors (Lipinski definition) is 1. The second-order valence-corrected chi connectivity index (χ2v) is 5.66. The molecule has 0 aliphatic carbocycles. The van der Waals surface area contributed by atoms with E-state index in [9.17, 15) is 5.11 Å². The van der Waals surface area contributed by atoms with Crippen LogP contribution in [-0.4, -0.2) is 22.7 Å². The highest BCUT2D eigenvalue weighted by molar-refractivity contribution is 5.17. The van der Waals surface area contributed by atoms with Crippen LogP contribution in [0.1, 0.15) is 24.0 Å². The molecule has 0 spiro atoms. The smallest absolute Gasteiger partial charge is 0.0670 e. The number of allylic oxidation sites excluding steroid dienone is 1. The number of hydrogen-bond acceptors (Lipinski definition) is 2. The van der Waals surface area contributed by atoms with E-state index in [4.69, 9.17) is 0 Å². The van der Waals surface area contributed by atoms with Crippen molar-refractivity contribution >= 4 is 0 Å². The fourth-order valence-electron chi connectivity index (χ4n) is 2.57. The highest BCUT2D eigenvalue weighted by atomic mass is 16.3. The summed E-state index contributed by atoms with van der Waals surface area (Å²) in [5.74, 6) is 0. The van der Waals surface area contributed by atoms with Crippen molar-refractivity contribution < 1.29 is 5.11 Å². The van der Waals surface area contributed by atoms with Crippen molar-refractivity contribution in [2.24, 2.45) is 0 Å². The molecule has 2 aromatic carbocycles. The van der Waals surface area contributed by atoms with Crippen molar-refractivity contribution in [1.82, 2.24) is 4.90 Å². The number of aliphatic hydroxyl groups is 1. The van der Waals surface area contributed by atoms with Crippen molar-refractivity contribution in [1.29, 1.82) is 0 Å². The molecule has 2 aromatic rings. The second-order valence-electron chi connectivity index (χ2n) is 5.66. The Morgan fingerprint density at radius 1 is 0.909 bits per heavy atom. The van der Waals surface area contributed by atoms with E-state index in [0.29, 0.717) is 6.54 Å². The van der Waals surface area contributed by atoms with E-state index < -0.39 is 0 Å². The van der Waals surface area contributed by atoms with Gasteiger partial charge in [0.05, 0.1) is 6.10 Å². The van der Waals surface area contributed by atoms with Gasteiger partial charge in [-0.15, -0.1) is 6.58 Å². The maximum atomic E-state index is 10.2. The molecule has 0 aromatic heterocycles. The molecule has 0 saturated heterocycles. The zero-order valence-electron chi connectivity index (χ0n) is 13.1. The maximum absolute atomic E-state index is 10.2. The molecule has 0 fully saturated rings. The van der Waals surface area contributed by atoms with Crippen LogP contribution in [0.15, 0.2) is 73.3 Å². The number of benzene rings is 2. The van der Waals surface area contributed by atoms with Gasteiger partial charge in [-0.1, -0.05) is 66.7 Å². The molecule has 2 rings (SSSR count). The average Bonchev–Trinajstić information content (AvgIpc) is 2.55. The minimum absolute atomic E-state index is 0.314. The van der Waals surface area contributed by atoms with E-state index in [1.54, 1.807) is 0 Å². The Kier molecular flexibility index (Phi) is 6.88.